The molecule has 0 saturated carbocycles. The SMILES string of the molecule is CN1C(=O)C(S(=O)(=O)c2ccccc2)C[C@@H]1Cc1ccccc1. The summed E-state index contributed by atoms with van der Waals surface area (Å²) >= 11 is 0. The molecule has 120 valence electrons. The largest absolute Gasteiger partial charge is 0.341 e. The lowest BCUT2D eigenvalue weighted by Crippen LogP contribution is -2.34. The molecule has 5 heteroatoms. The average Bonchev–Trinajstić information content (AvgIpc) is 2.86. The van der Waals surface area contributed by atoms with Crippen LogP contribution in [0.25, 0.3) is 0 Å². The van der Waals surface area contributed by atoms with E-state index in [9.17, 15) is 13.2 Å². The first-order valence-corrected chi connectivity index (χ1v) is 9.14. The molecule has 3 rings (SSSR count). The van der Waals surface area contributed by atoms with E-state index in [1.807, 2.05) is 30.3 Å². The van der Waals surface area contributed by atoms with Crippen molar-refractivity contribution in [2.75, 3.05) is 7.05 Å². The molecule has 1 fully saturated rings. The van der Waals surface area contributed by atoms with Crippen molar-refractivity contribution in [1.82, 2.24) is 4.90 Å². The number of likely N-dealkylation sites (N-methyl/N-ethyl adjacent to an activating group) is 1. The molecule has 0 aliphatic carbocycles. The number of likely N-dealkylation sites (tertiary alicyclic amines) is 1. The molecule has 2 atom stereocenters. The zero-order chi connectivity index (χ0) is 16.4. The Hall–Kier alpha value is -2.14. The Labute approximate surface area is 136 Å². The van der Waals surface area contributed by atoms with Crippen LogP contribution < -0.4 is 0 Å². The van der Waals surface area contributed by atoms with Gasteiger partial charge in [-0.25, -0.2) is 8.42 Å². The zero-order valence-electron chi connectivity index (χ0n) is 12.9. The first-order valence-electron chi connectivity index (χ1n) is 7.59. The predicted octanol–water partition coefficient (Wildman–Crippen LogP) is 2.30. The van der Waals surface area contributed by atoms with E-state index in [1.54, 1.807) is 42.3 Å². The van der Waals surface area contributed by atoms with Crippen LogP contribution in [0.3, 0.4) is 0 Å². The average molecular weight is 329 g/mol. The summed E-state index contributed by atoms with van der Waals surface area (Å²) in [6.07, 6.45) is 1.01. The van der Waals surface area contributed by atoms with E-state index in [-0.39, 0.29) is 16.8 Å². The fraction of sp³-hybridized carbons (Fsp3) is 0.278. The topological polar surface area (TPSA) is 54.5 Å². The molecule has 1 saturated heterocycles. The van der Waals surface area contributed by atoms with E-state index in [0.29, 0.717) is 12.8 Å². The number of carbonyl (C=O) groups is 1. The van der Waals surface area contributed by atoms with Gasteiger partial charge in [-0.05, 0) is 30.5 Å². The summed E-state index contributed by atoms with van der Waals surface area (Å²) in [7, 11) is -1.95. The lowest BCUT2D eigenvalue weighted by Gasteiger charge is -2.19. The van der Waals surface area contributed by atoms with Gasteiger partial charge in [-0.1, -0.05) is 48.5 Å². The van der Waals surface area contributed by atoms with Crippen molar-refractivity contribution >= 4 is 15.7 Å². The molecule has 0 bridgehead atoms. The summed E-state index contributed by atoms with van der Waals surface area (Å²) in [4.78, 5) is 14.3. The molecule has 1 aliphatic rings. The van der Waals surface area contributed by atoms with Gasteiger partial charge >= 0.3 is 0 Å². The zero-order valence-corrected chi connectivity index (χ0v) is 13.7. The summed E-state index contributed by atoms with van der Waals surface area (Å²) in [6, 6.07) is 18.0. The lowest BCUT2D eigenvalue weighted by atomic mass is 10.0. The fourth-order valence-corrected chi connectivity index (χ4v) is 4.83. The third-order valence-corrected chi connectivity index (χ3v) is 6.49. The molecule has 4 nitrogen and oxygen atoms in total. The van der Waals surface area contributed by atoms with Crippen molar-refractivity contribution in [2.45, 2.75) is 29.0 Å². The van der Waals surface area contributed by atoms with Crippen LogP contribution in [-0.2, 0) is 21.1 Å². The van der Waals surface area contributed by atoms with Crippen LogP contribution in [0.2, 0.25) is 0 Å². The Morgan fingerprint density at radius 3 is 2.17 bits per heavy atom. The first-order chi connectivity index (χ1) is 11.0. The molecule has 0 aromatic heterocycles. The highest BCUT2D eigenvalue weighted by Crippen LogP contribution is 2.29. The van der Waals surface area contributed by atoms with Gasteiger partial charge in [-0.15, -0.1) is 0 Å². The van der Waals surface area contributed by atoms with Gasteiger partial charge in [0.2, 0.25) is 5.91 Å². The molecule has 2 aromatic rings. The van der Waals surface area contributed by atoms with Crippen molar-refractivity contribution in [1.29, 1.82) is 0 Å². The van der Waals surface area contributed by atoms with Gasteiger partial charge in [0.15, 0.2) is 9.84 Å². The van der Waals surface area contributed by atoms with Crippen molar-refractivity contribution in [2.24, 2.45) is 0 Å². The molecule has 1 amide bonds. The third kappa shape index (κ3) is 3.01. The highest BCUT2D eigenvalue weighted by Gasteiger charge is 2.45. The maximum atomic E-state index is 12.7. The van der Waals surface area contributed by atoms with E-state index in [4.69, 9.17) is 0 Å². The summed E-state index contributed by atoms with van der Waals surface area (Å²) in [5.41, 5.74) is 1.11. The molecule has 23 heavy (non-hydrogen) atoms. The Morgan fingerprint density at radius 1 is 1.00 bits per heavy atom. The van der Waals surface area contributed by atoms with Gasteiger partial charge in [0.05, 0.1) is 4.90 Å². The summed E-state index contributed by atoms with van der Waals surface area (Å²) in [5.74, 6) is -0.310. The van der Waals surface area contributed by atoms with Crippen LogP contribution in [0.1, 0.15) is 12.0 Å². The van der Waals surface area contributed by atoms with Crippen LogP contribution in [0, 0.1) is 0 Å². The van der Waals surface area contributed by atoms with Crippen LogP contribution in [-0.4, -0.2) is 37.6 Å². The van der Waals surface area contributed by atoms with Crippen LogP contribution in [0.15, 0.2) is 65.6 Å². The smallest absolute Gasteiger partial charge is 0.241 e. The molecule has 0 radical (unpaired) electrons. The molecule has 0 spiro atoms. The Kier molecular flexibility index (Phi) is 4.22. The number of sulfone groups is 1. The van der Waals surface area contributed by atoms with Crippen LogP contribution in [0.5, 0.6) is 0 Å². The number of amides is 1. The third-order valence-electron chi connectivity index (χ3n) is 4.42. The summed E-state index contributed by atoms with van der Waals surface area (Å²) < 4.78 is 25.5. The maximum Gasteiger partial charge on any atom is 0.241 e. The van der Waals surface area contributed by atoms with Gasteiger partial charge in [-0.2, -0.15) is 0 Å². The normalized spacial score (nSPS) is 21.6. The van der Waals surface area contributed by atoms with Crippen molar-refractivity contribution in [3.8, 4) is 0 Å². The molecule has 2 aromatic carbocycles. The van der Waals surface area contributed by atoms with E-state index in [0.717, 1.165) is 5.56 Å². The number of hydrogen-bond donors (Lipinski definition) is 0. The highest BCUT2D eigenvalue weighted by atomic mass is 32.2. The second-order valence-electron chi connectivity index (χ2n) is 5.88. The minimum absolute atomic E-state index is 0.0895. The number of hydrogen-bond acceptors (Lipinski definition) is 3. The van der Waals surface area contributed by atoms with Gasteiger partial charge < -0.3 is 4.90 Å². The van der Waals surface area contributed by atoms with Crippen molar-refractivity contribution in [3.05, 3.63) is 66.2 Å². The van der Waals surface area contributed by atoms with Crippen molar-refractivity contribution in [3.63, 3.8) is 0 Å². The molecular weight excluding hydrogens is 310 g/mol. The van der Waals surface area contributed by atoms with E-state index in [2.05, 4.69) is 0 Å². The Balaban J connectivity index is 1.84. The monoisotopic (exact) mass is 329 g/mol. The molecule has 1 unspecified atom stereocenters. The predicted molar refractivity (Wildman–Crippen MR) is 88.7 cm³/mol. The second-order valence-corrected chi connectivity index (χ2v) is 8.01. The van der Waals surface area contributed by atoms with Crippen molar-refractivity contribution < 1.29 is 13.2 Å². The van der Waals surface area contributed by atoms with Gasteiger partial charge in [0, 0.05) is 13.1 Å². The van der Waals surface area contributed by atoms with Crippen LogP contribution in [0.4, 0.5) is 0 Å². The number of carbonyl (C=O) groups excluding carboxylic acids is 1. The Bertz CT molecular complexity index is 788. The highest BCUT2D eigenvalue weighted by molar-refractivity contribution is 7.92. The van der Waals surface area contributed by atoms with E-state index >= 15 is 0 Å². The number of benzene rings is 2. The van der Waals surface area contributed by atoms with E-state index < -0.39 is 15.1 Å². The first kappa shape index (κ1) is 15.7. The summed E-state index contributed by atoms with van der Waals surface area (Å²) in [5, 5.41) is -0.983. The lowest BCUT2D eigenvalue weighted by molar-refractivity contribution is -0.127. The van der Waals surface area contributed by atoms with Gasteiger partial charge in [0.25, 0.3) is 0 Å². The quantitative estimate of drug-likeness (QED) is 0.865. The molecule has 1 heterocycles. The molecule has 1 aliphatic heterocycles. The fourth-order valence-electron chi connectivity index (χ4n) is 3.05. The van der Waals surface area contributed by atoms with E-state index in [1.165, 1.54) is 0 Å². The minimum atomic E-state index is -3.64. The van der Waals surface area contributed by atoms with Gasteiger partial charge in [-0.3, -0.25) is 4.79 Å². The minimum Gasteiger partial charge on any atom is -0.341 e. The Morgan fingerprint density at radius 2 is 1.57 bits per heavy atom. The molecule has 0 N–H and O–H groups in total. The summed E-state index contributed by atoms with van der Waals surface area (Å²) in [6.45, 7) is 0. The van der Waals surface area contributed by atoms with Crippen LogP contribution >= 0.6 is 0 Å². The molecular formula is C18H19NO3S. The number of nitrogens with zero attached hydrogens (tertiary/aromatic N) is 1. The maximum absolute atomic E-state index is 12.7. The number of rotatable bonds is 4. The van der Waals surface area contributed by atoms with Gasteiger partial charge in [0.1, 0.15) is 5.25 Å². The second kappa shape index (κ2) is 6.16. The standard InChI is InChI=1S/C18H19NO3S/c1-19-15(12-14-8-4-2-5-9-14)13-17(18(19)20)23(21,22)16-10-6-3-7-11-16/h2-11,15,17H,12-13H2,1H3/t15-,17?/m0/s1.